The van der Waals surface area contributed by atoms with Gasteiger partial charge in [-0.05, 0) is 22.9 Å². The second-order valence-corrected chi connectivity index (χ2v) is 3.52. The van der Waals surface area contributed by atoms with Gasteiger partial charge < -0.3 is 4.90 Å². The highest BCUT2D eigenvalue weighted by molar-refractivity contribution is 9.12. The van der Waals surface area contributed by atoms with E-state index >= 15 is 0 Å². The number of hydrogen-bond acceptors (Lipinski definition) is 1. The number of carbonyl (C=O) groups is 1. The number of urea groups is 1. The normalized spacial score (nSPS) is 18.5. The molecule has 0 bridgehead atoms. The van der Waals surface area contributed by atoms with Gasteiger partial charge in [-0.1, -0.05) is 12.7 Å². The van der Waals surface area contributed by atoms with E-state index in [-0.39, 0.29) is 6.03 Å². The standard InChI is InChI=1S/C9H11BrN2O/c1-4-5-12-7(2)8(10)6-11(3)9(12)13/h4-6H,2H2,1,3H3/b5-4-. The smallest absolute Gasteiger partial charge is 0.302 e. The van der Waals surface area contributed by atoms with Crippen LogP contribution in [0.1, 0.15) is 6.92 Å². The third-order valence-corrected chi connectivity index (χ3v) is 2.34. The number of amides is 2. The average molecular weight is 243 g/mol. The van der Waals surface area contributed by atoms with Gasteiger partial charge in [0.2, 0.25) is 0 Å². The zero-order valence-corrected chi connectivity index (χ0v) is 9.21. The molecule has 1 rings (SSSR count). The van der Waals surface area contributed by atoms with E-state index in [2.05, 4.69) is 22.5 Å². The molecule has 4 heteroatoms. The first kappa shape index (κ1) is 10.1. The van der Waals surface area contributed by atoms with E-state index in [9.17, 15) is 4.79 Å². The van der Waals surface area contributed by atoms with Crippen LogP contribution in [0.3, 0.4) is 0 Å². The number of allylic oxidation sites excluding steroid dienone is 2. The van der Waals surface area contributed by atoms with E-state index in [1.165, 1.54) is 9.80 Å². The summed E-state index contributed by atoms with van der Waals surface area (Å²) in [6, 6.07) is -0.105. The number of nitrogens with zero attached hydrogens (tertiary/aromatic N) is 2. The maximum atomic E-state index is 11.5. The van der Waals surface area contributed by atoms with Crippen LogP contribution in [0.2, 0.25) is 0 Å². The van der Waals surface area contributed by atoms with Crippen molar-refractivity contribution in [3.05, 3.63) is 35.2 Å². The van der Waals surface area contributed by atoms with Crippen molar-refractivity contribution in [2.24, 2.45) is 0 Å². The summed E-state index contributed by atoms with van der Waals surface area (Å²) in [7, 11) is 1.70. The molecule has 1 aliphatic rings. The molecule has 0 fully saturated rings. The van der Waals surface area contributed by atoms with Gasteiger partial charge in [-0.2, -0.15) is 0 Å². The fourth-order valence-electron chi connectivity index (χ4n) is 1.00. The lowest BCUT2D eigenvalue weighted by molar-refractivity contribution is 0.200. The van der Waals surface area contributed by atoms with Crippen LogP contribution >= 0.6 is 15.9 Å². The molecule has 0 aromatic heterocycles. The summed E-state index contributed by atoms with van der Waals surface area (Å²) in [4.78, 5) is 14.5. The van der Waals surface area contributed by atoms with Crippen molar-refractivity contribution >= 4 is 22.0 Å². The molecule has 0 N–H and O–H groups in total. The first-order chi connectivity index (χ1) is 6.07. The first-order valence-corrected chi connectivity index (χ1v) is 4.62. The molecule has 0 atom stereocenters. The zero-order chi connectivity index (χ0) is 10.0. The summed E-state index contributed by atoms with van der Waals surface area (Å²) >= 11 is 3.32. The molecule has 13 heavy (non-hydrogen) atoms. The molecule has 2 amide bonds. The fourth-order valence-corrected chi connectivity index (χ4v) is 1.50. The van der Waals surface area contributed by atoms with E-state index in [0.717, 1.165) is 4.48 Å². The molecule has 1 aliphatic heterocycles. The number of rotatable bonds is 1. The number of hydrogen-bond donors (Lipinski definition) is 0. The molecular weight excluding hydrogens is 232 g/mol. The molecule has 0 aromatic rings. The Labute approximate surface area is 86.1 Å². The van der Waals surface area contributed by atoms with Crippen molar-refractivity contribution in [3.63, 3.8) is 0 Å². The minimum absolute atomic E-state index is 0.105. The van der Waals surface area contributed by atoms with E-state index in [0.29, 0.717) is 5.70 Å². The van der Waals surface area contributed by atoms with Crippen molar-refractivity contribution < 1.29 is 4.79 Å². The van der Waals surface area contributed by atoms with E-state index < -0.39 is 0 Å². The van der Waals surface area contributed by atoms with E-state index in [1.807, 2.05) is 6.92 Å². The van der Waals surface area contributed by atoms with Crippen LogP contribution in [-0.4, -0.2) is 22.9 Å². The zero-order valence-electron chi connectivity index (χ0n) is 7.62. The molecule has 0 saturated heterocycles. The van der Waals surface area contributed by atoms with Crippen LogP contribution < -0.4 is 0 Å². The fraction of sp³-hybridized carbons (Fsp3) is 0.222. The first-order valence-electron chi connectivity index (χ1n) is 3.83. The van der Waals surface area contributed by atoms with Crippen LogP contribution in [-0.2, 0) is 0 Å². The molecular formula is C9H11BrN2O. The Hall–Kier alpha value is -1.03. The van der Waals surface area contributed by atoms with Gasteiger partial charge >= 0.3 is 6.03 Å². The van der Waals surface area contributed by atoms with Gasteiger partial charge in [0, 0.05) is 19.4 Å². The van der Waals surface area contributed by atoms with Crippen molar-refractivity contribution in [2.75, 3.05) is 7.05 Å². The molecule has 0 aliphatic carbocycles. The molecule has 0 saturated carbocycles. The predicted molar refractivity (Wildman–Crippen MR) is 56.0 cm³/mol. The highest BCUT2D eigenvalue weighted by Gasteiger charge is 2.23. The van der Waals surface area contributed by atoms with Crippen LogP contribution in [0, 0.1) is 0 Å². The summed E-state index contributed by atoms with van der Waals surface area (Å²) in [6.45, 7) is 5.65. The minimum atomic E-state index is -0.105. The summed E-state index contributed by atoms with van der Waals surface area (Å²) in [5.74, 6) is 0. The van der Waals surface area contributed by atoms with Crippen LogP contribution in [0.4, 0.5) is 4.79 Å². The molecule has 0 aromatic carbocycles. The van der Waals surface area contributed by atoms with Gasteiger partial charge in [0.25, 0.3) is 0 Å². The van der Waals surface area contributed by atoms with Gasteiger partial charge in [0.15, 0.2) is 0 Å². The van der Waals surface area contributed by atoms with Crippen molar-refractivity contribution in [2.45, 2.75) is 6.92 Å². The molecule has 70 valence electrons. The topological polar surface area (TPSA) is 23.6 Å². The molecule has 1 heterocycles. The largest absolute Gasteiger partial charge is 0.332 e. The number of halogens is 1. The van der Waals surface area contributed by atoms with Gasteiger partial charge in [0.1, 0.15) is 0 Å². The molecule has 0 radical (unpaired) electrons. The van der Waals surface area contributed by atoms with Crippen molar-refractivity contribution in [3.8, 4) is 0 Å². The van der Waals surface area contributed by atoms with Crippen LogP contribution in [0.25, 0.3) is 0 Å². The monoisotopic (exact) mass is 242 g/mol. The second-order valence-electron chi connectivity index (χ2n) is 2.67. The summed E-state index contributed by atoms with van der Waals surface area (Å²) in [5, 5.41) is 0. The maximum Gasteiger partial charge on any atom is 0.332 e. The van der Waals surface area contributed by atoms with Crippen LogP contribution in [0.5, 0.6) is 0 Å². The Morgan fingerprint density at radius 3 is 2.77 bits per heavy atom. The SMILES string of the molecule is C=C1C(Br)=CN(C)C(=O)N1/C=C\C. The van der Waals surface area contributed by atoms with Gasteiger partial charge in [-0.25, -0.2) is 4.79 Å². The lowest BCUT2D eigenvalue weighted by Gasteiger charge is -2.29. The van der Waals surface area contributed by atoms with E-state index in [1.54, 1.807) is 25.5 Å². The molecule has 0 unspecified atom stereocenters. The van der Waals surface area contributed by atoms with E-state index in [4.69, 9.17) is 0 Å². The minimum Gasteiger partial charge on any atom is -0.302 e. The highest BCUT2D eigenvalue weighted by atomic mass is 79.9. The van der Waals surface area contributed by atoms with Crippen molar-refractivity contribution in [1.82, 2.24) is 9.80 Å². The Balaban J connectivity index is 3.04. The Kier molecular flexibility index (Phi) is 2.93. The van der Waals surface area contributed by atoms with Gasteiger partial charge in [-0.15, -0.1) is 0 Å². The highest BCUT2D eigenvalue weighted by Crippen LogP contribution is 2.25. The molecule has 0 spiro atoms. The lowest BCUT2D eigenvalue weighted by atomic mass is 10.3. The van der Waals surface area contributed by atoms with Crippen LogP contribution in [0.15, 0.2) is 35.2 Å². The van der Waals surface area contributed by atoms with Gasteiger partial charge in [0.05, 0.1) is 10.2 Å². The Morgan fingerprint density at radius 2 is 2.23 bits per heavy atom. The Morgan fingerprint density at radius 1 is 1.62 bits per heavy atom. The lowest BCUT2D eigenvalue weighted by Crippen LogP contribution is -2.38. The maximum absolute atomic E-state index is 11.5. The Bertz CT molecular complexity index is 307. The molecule has 3 nitrogen and oxygen atoms in total. The number of carbonyl (C=O) groups excluding carboxylic acids is 1. The summed E-state index contributed by atoms with van der Waals surface area (Å²) in [5.41, 5.74) is 0.654. The van der Waals surface area contributed by atoms with Crippen molar-refractivity contribution in [1.29, 1.82) is 0 Å². The average Bonchev–Trinajstić information content (AvgIpc) is 2.09. The summed E-state index contributed by atoms with van der Waals surface area (Å²) in [6.07, 6.45) is 5.18. The third-order valence-electron chi connectivity index (χ3n) is 1.68. The second kappa shape index (κ2) is 3.79. The predicted octanol–water partition coefficient (Wildman–Crippen LogP) is 2.64. The summed E-state index contributed by atoms with van der Waals surface area (Å²) < 4.78 is 0.813. The van der Waals surface area contributed by atoms with Gasteiger partial charge in [-0.3, -0.25) is 4.90 Å². The third kappa shape index (κ3) is 1.83. The quantitative estimate of drug-likeness (QED) is 0.694.